The summed E-state index contributed by atoms with van der Waals surface area (Å²) >= 11 is 5.73. The summed E-state index contributed by atoms with van der Waals surface area (Å²) in [7, 11) is 3.35. The Kier molecular flexibility index (Phi) is 4.71. The number of carbonyl (C=O) groups excluding carboxylic acids is 1. The molecule has 16 heavy (non-hydrogen) atoms. The van der Waals surface area contributed by atoms with Crippen molar-refractivity contribution in [2.24, 2.45) is 0 Å². The quantitative estimate of drug-likeness (QED) is 0.757. The minimum Gasteiger partial charge on any atom is -0.383 e. The summed E-state index contributed by atoms with van der Waals surface area (Å²) in [6.07, 6.45) is 1.52. The fraction of sp³-hybridized carbons (Fsp3) is 0.455. The summed E-state index contributed by atoms with van der Waals surface area (Å²) in [5, 5.41) is 0.318. The molecule has 0 spiro atoms. The lowest BCUT2D eigenvalue weighted by molar-refractivity contribution is 0.0633. The molecule has 1 heterocycles. The molecule has 5 heteroatoms. The van der Waals surface area contributed by atoms with Gasteiger partial charge < -0.3 is 9.64 Å². The van der Waals surface area contributed by atoms with Gasteiger partial charge in [-0.25, -0.2) is 4.98 Å². The van der Waals surface area contributed by atoms with E-state index in [1.165, 1.54) is 6.20 Å². The molecule has 1 aromatic heterocycles. The summed E-state index contributed by atoms with van der Waals surface area (Å²) in [6.45, 7) is 2.42. The number of hydrogen-bond donors (Lipinski definition) is 0. The highest BCUT2D eigenvalue weighted by molar-refractivity contribution is 6.29. The van der Waals surface area contributed by atoms with Gasteiger partial charge in [0.25, 0.3) is 5.91 Å². The minimum absolute atomic E-state index is 0.0180. The molecular formula is C11H15ClN2O2. The molecule has 1 amide bonds. The Morgan fingerprint density at radius 2 is 2.38 bits per heavy atom. The Morgan fingerprint density at radius 1 is 1.69 bits per heavy atom. The average Bonchev–Trinajstić information content (AvgIpc) is 2.27. The smallest absolute Gasteiger partial charge is 0.254 e. The van der Waals surface area contributed by atoms with Crippen LogP contribution in [0.5, 0.6) is 0 Å². The number of methoxy groups -OCH3 is 1. The molecule has 1 atom stereocenters. The lowest BCUT2D eigenvalue weighted by Gasteiger charge is -2.24. The number of rotatable bonds is 4. The Balaban J connectivity index is 2.77. The molecule has 4 nitrogen and oxygen atoms in total. The molecule has 88 valence electrons. The summed E-state index contributed by atoms with van der Waals surface area (Å²) < 4.78 is 5.00. The average molecular weight is 243 g/mol. The summed E-state index contributed by atoms with van der Waals surface area (Å²) in [5.74, 6) is -0.0890. The van der Waals surface area contributed by atoms with Crippen LogP contribution in [0.3, 0.4) is 0 Å². The Labute approximate surface area is 100 Å². The second kappa shape index (κ2) is 5.82. The largest absolute Gasteiger partial charge is 0.383 e. The number of aromatic nitrogens is 1. The Morgan fingerprint density at radius 3 is 2.94 bits per heavy atom. The third-order valence-corrected chi connectivity index (χ3v) is 2.57. The Hall–Kier alpha value is -1.13. The van der Waals surface area contributed by atoms with Crippen LogP contribution in [0.25, 0.3) is 0 Å². The first-order valence-electron chi connectivity index (χ1n) is 4.94. The molecule has 0 aliphatic heterocycles. The van der Waals surface area contributed by atoms with Gasteiger partial charge in [0, 0.05) is 25.9 Å². The van der Waals surface area contributed by atoms with Crippen molar-refractivity contribution >= 4 is 17.5 Å². The maximum Gasteiger partial charge on any atom is 0.254 e. The fourth-order valence-electron chi connectivity index (χ4n) is 1.29. The van der Waals surface area contributed by atoms with E-state index in [-0.39, 0.29) is 11.9 Å². The number of nitrogens with zero attached hydrogens (tertiary/aromatic N) is 2. The third kappa shape index (κ3) is 3.18. The van der Waals surface area contributed by atoms with Crippen molar-refractivity contribution in [2.45, 2.75) is 13.0 Å². The molecule has 1 unspecified atom stereocenters. The van der Waals surface area contributed by atoms with Crippen molar-refractivity contribution < 1.29 is 9.53 Å². The van der Waals surface area contributed by atoms with Crippen molar-refractivity contribution in [3.8, 4) is 0 Å². The highest BCUT2D eigenvalue weighted by Gasteiger charge is 2.17. The zero-order chi connectivity index (χ0) is 12.1. The number of pyridine rings is 1. The summed E-state index contributed by atoms with van der Waals surface area (Å²) in [4.78, 5) is 17.5. The number of likely N-dealkylation sites (N-methyl/N-ethyl adjacent to an activating group) is 1. The molecular weight excluding hydrogens is 228 g/mol. The van der Waals surface area contributed by atoms with Crippen molar-refractivity contribution in [3.63, 3.8) is 0 Å². The Bertz CT molecular complexity index is 371. The molecule has 0 fully saturated rings. The number of amides is 1. The van der Waals surface area contributed by atoms with E-state index in [0.29, 0.717) is 17.3 Å². The number of carbonyl (C=O) groups is 1. The molecule has 0 saturated heterocycles. The predicted octanol–water partition coefficient (Wildman–Crippen LogP) is 1.84. The molecule has 0 radical (unpaired) electrons. The highest BCUT2D eigenvalue weighted by atomic mass is 35.5. The number of hydrogen-bond acceptors (Lipinski definition) is 3. The third-order valence-electron chi connectivity index (χ3n) is 2.36. The van der Waals surface area contributed by atoms with Crippen LogP contribution in [0.4, 0.5) is 0 Å². The second-order valence-corrected chi connectivity index (χ2v) is 3.97. The fourth-order valence-corrected chi connectivity index (χ4v) is 1.47. The first-order valence-corrected chi connectivity index (χ1v) is 5.31. The van der Waals surface area contributed by atoms with Gasteiger partial charge in [0.15, 0.2) is 0 Å². The van der Waals surface area contributed by atoms with Crippen LogP contribution < -0.4 is 0 Å². The van der Waals surface area contributed by atoms with Crippen molar-refractivity contribution in [2.75, 3.05) is 20.8 Å². The monoisotopic (exact) mass is 242 g/mol. The van der Waals surface area contributed by atoms with Gasteiger partial charge in [-0.2, -0.15) is 0 Å². The normalized spacial score (nSPS) is 12.2. The van der Waals surface area contributed by atoms with Gasteiger partial charge in [0.1, 0.15) is 5.15 Å². The van der Waals surface area contributed by atoms with Crippen LogP contribution in [-0.4, -0.2) is 42.6 Å². The zero-order valence-electron chi connectivity index (χ0n) is 9.61. The van der Waals surface area contributed by atoms with Crippen LogP contribution in [0.2, 0.25) is 5.15 Å². The van der Waals surface area contributed by atoms with E-state index in [1.54, 1.807) is 31.2 Å². The van der Waals surface area contributed by atoms with Gasteiger partial charge >= 0.3 is 0 Å². The van der Waals surface area contributed by atoms with E-state index in [1.807, 2.05) is 6.92 Å². The number of ether oxygens (including phenoxy) is 1. The molecule has 0 aliphatic rings. The first kappa shape index (κ1) is 12.9. The van der Waals surface area contributed by atoms with Crippen molar-refractivity contribution in [1.82, 2.24) is 9.88 Å². The van der Waals surface area contributed by atoms with Gasteiger partial charge in [-0.05, 0) is 19.1 Å². The summed E-state index contributed by atoms with van der Waals surface area (Å²) in [5.41, 5.74) is 0.533. The van der Waals surface area contributed by atoms with Gasteiger partial charge in [-0.1, -0.05) is 11.6 Å². The molecule has 0 bridgehead atoms. The van der Waals surface area contributed by atoms with E-state index in [9.17, 15) is 4.79 Å². The van der Waals surface area contributed by atoms with Crippen molar-refractivity contribution in [1.29, 1.82) is 0 Å². The molecule has 0 saturated carbocycles. The van der Waals surface area contributed by atoms with E-state index in [4.69, 9.17) is 16.3 Å². The van der Waals surface area contributed by atoms with E-state index < -0.39 is 0 Å². The summed E-state index contributed by atoms with van der Waals surface area (Å²) in [6, 6.07) is 3.22. The SMILES string of the molecule is COCC(C)N(C)C(=O)c1ccnc(Cl)c1. The van der Waals surface area contributed by atoms with Gasteiger partial charge in [-0.15, -0.1) is 0 Å². The first-order chi connectivity index (χ1) is 7.56. The van der Waals surface area contributed by atoms with E-state index in [0.717, 1.165) is 0 Å². The van der Waals surface area contributed by atoms with Crippen LogP contribution in [0.1, 0.15) is 17.3 Å². The van der Waals surface area contributed by atoms with Crippen LogP contribution in [-0.2, 0) is 4.74 Å². The van der Waals surface area contributed by atoms with Crippen LogP contribution in [0, 0.1) is 0 Å². The zero-order valence-corrected chi connectivity index (χ0v) is 10.4. The number of halogens is 1. The van der Waals surface area contributed by atoms with E-state index >= 15 is 0 Å². The van der Waals surface area contributed by atoms with Crippen LogP contribution in [0.15, 0.2) is 18.3 Å². The van der Waals surface area contributed by atoms with Gasteiger partial charge in [0.2, 0.25) is 0 Å². The minimum atomic E-state index is -0.0890. The molecule has 0 aliphatic carbocycles. The molecule has 0 N–H and O–H groups in total. The van der Waals surface area contributed by atoms with E-state index in [2.05, 4.69) is 4.98 Å². The topological polar surface area (TPSA) is 42.4 Å². The lowest BCUT2D eigenvalue weighted by atomic mass is 10.2. The van der Waals surface area contributed by atoms with Crippen LogP contribution >= 0.6 is 11.6 Å². The molecule has 1 aromatic rings. The predicted molar refractivity (Wildman–Crippen MR) is 62.7 cm³/mol. The van der Waals surface area contributed by atoms with Gasteiger partial charge in [-0.3, -0.25) is 4.79 Å². The van der Waals surface area contributed by atoms with Gasteiger partial charge in [0.05, 0.1) is 12.6 Å². The maximum atomic E-state index is 12.0. The standard InChI is InChI=1S/C11H15ClN2O2/c1-8(7-16-3)14(2)11(15)9-4-5-13-10(12)6-9/h4-6,8H,7H2,1-3H3. The van der Waals surface area contributed by atoms with Crippen molar-refractivity contribution in [3.05, 3.63) is 29.0 Å². The lowest BCUT2D eigenvalue weighted by Crippen LogP contribution is -2.37. The molecule has 0 aromatic carbocycles. The maximum absolute atomic E-state index is 12.0. The second-order valence-electron chi connectivity index (χ2n) is 3.59. The highest BCUT2D eigenvalue weighted by Crippen LogP contribution is 2.10. The molecule has 1 rings (SSSR count).